The third-order valence-corrected chi connectivity index (χ3v) is 10.8. The van der Waals surface area contributed by atoms with Gasteiger partial charge in [-0.1, -0.05) is 18.2 Å². The predicted octanol–water partition coefficient (Wildman–Crippen LogP) is 7.57. The number of pyridine rings is 1. The molecule has 0 saturated carbocycles. The maximum absolute atomic E-state index is 13.6. The second kappa shape index (κ2) is 15.5. The quantitative estimate of drug-likeness (QED) is 0.115. The molecule has 1 unspecified atom stereocenters. The van der Waals surface area contributed by atoms with Crippen molar-refractivity contribution >= 4 is 48.2 Å². The number of methoxy groups -OCH3 is 1. The van der Waals surface area contributed by atoms with E-state index in [1.54, 1.807) is 31.6 Å². The van der Waals surface area contributed by atoms with Crippen LogP contribution in [0.3, 0.4) is 0 Å². The third-order valence-electron chi connectivity index (χ3n) is 8.58. The second-order valence-electron chi connectivity index (χ2n) is 12.1. The highest BCUT2D eigenvalue weighted by Crippen LogP contribution is 2.45. The zero-order chi connectivity index (χ0) is 35.1. The first kappa shape index (κ1) is 35.2. The number of rotatable bonds is 15. The molecule has 0 aliphatic carbocycles. The van der Waals surface area contributed by atoms with Gasteiger partial charge in [0.05, 0.1) is 29.1 Å². The van der Waals surface area contributed by atoms with Crippen LogP contribution in [0.5, 0.6) is 11.5 Å². The van der Waals surface area contributed by atoms with Gasteiger partial charge in [0.1, 0.15) is 41.7 Å². The number of fused-ring (bicyclic) bond motifs is 1. The van der Waals surface area contributed by atoms with Gasteiger partial charge in [0.25, 0.3) is 0 Å². The summed E-state index contributed by atoms with van der Waals surface area (Å²) in [5.41, 5.74) is 2.40. The van der Waals surface area contributed by atoms with Gasteiger partial charge in [0.2, 0.25) is 0 Å². The minimum atomic E-state index is -3.47. The van der Waals surface area contributed by atoms with Crippen molar-refractivity contribution in [1.82, 2.24) is 19.9 Å². The van der Waals surface area contributed by atoms with Gasteiger partial charge in [-0.05, 0) is 103 Å². The van der Waals surface area contributed by atoms with Gasteiger partial charge in [0.15, 0.2) is 14.9 Å². The Morgan fingerprint density at radius 1 is 1.02 bits per heavy atom. The monoisotopic (exact) mass is 761 g/mol. The van der Waals surface area contributed by atoms with E-state index in [0.717, 1.165) is 33.1 Å². The van der Waals surface area contributed by atoms with Gasteiger partial charge in [-0.15, -0.1) is 0 Å². The maximum atomic E-state index is 13.6. The summed E-state index contributed by atoms with van der Waals surface area (Å²) in [5.74, 6) is 1.56. The Morgan fingerprint density at radius 3 is 2.64 bits per heavy atom. The van der Waals surface area contributed by atoms with Crippen molar-refractivity contribution in [3.63, 3.8) is 0 Å². The smallest absolute Gasteiger partial charge is 0.196 e. The van der Waals surface area contributed by atoms with Crippen molar-refractivity contribution in [2.24, 2.45) is 0 Å². The van der Waals surface area contributed by atoms with E-state index in [-0.39, 0.29) is 23.2 Å². The highest BCUT2D eigenvalue weighted by atomic mass is 79.9. The number of sulfone groups is 1. The van der Waals surface area contributed by atoms with Crippen LogP contribution in [0.25, 0.3) is 10.9 Å². The van der Waals surface area contributed by atoms with Crippen molar-refractivity contribution < 1.29 is 27.0 Å². The second-order valence-corrected chi connectivity index (χ2v) is 15.0. The summed E-state index contributed by atoms with van der Waals surface area (Å²) in [4.78, 5) is 15.1. The summed E-state index contributed by atoms with van der Waals surface area (Å²) in [6, 6.07) is 20.7. The number of ether oxygens (including phenoxy) is 3. The first-order chi connectivity index (χ1) is 24.2. The third kappa shape index (κ3) is 8.23. The number of hydrogen-bond donors (Lipinski definition) is 1. The van der Waals surface area contributed by atoms with Crippen LogP contribution in [-0.2, 0) is 26.8 Å². The highest BCUT2D eigenvalue weighted by Gasteiger charge is 2.38. The number of aromatic nitrogens is 3. The minimum absolute atomic E-state index is 0.0147. The topological polar surface area (TPSA) is 116 Å². The first-order valence-electron chi connectivity index (χ1n) is 16.1. The molecule has 0 spiro atoms. The summed E-state index contributed by atoms with van der Waals surface area (Å²) in [6.07, 6.45) is 8.78. The Kier molecular flexibility index (Phi) is 10.9. The van der Waals surface area contributed by atoms with Crippen LogP contribution in [0.15, 0.2) is 107 Å². The van der Waals surface area contributed by atoms with E-state index in [9.17, 15) is 12.8 Å². The maximum Gasteiger partial charge on any atom is 0.196 e. The van der Waals surface area contributed by atoms with Crippen LogP contribution in [-0.4, -0.2) is 61.3 Å². The molecule has 50 heavy (non-hydrogen) atoms. The fourth-order valence-electron chi connectivity index (χ4n) is 5.92. The molecule has 1 aliphatic heterocycles. The zero-order valence-electron chi connectivity index (χ0n) is 27.7. The molecule has 3 heterocycles. The summed E-state index contributed by atoms with van der Waals surface area (Å²) in [5, 5.41) is 4.30. The largest absolute Gasteiger partial charge is 0.496 e. The van der Waals surface area contributed by atoms with E-state index < -0.39 is 15.4 Å². The number of nitrogens with zero attached hydrogens (tertiary/aromatic N) is 4. The van der Waals surface area contributed by atoms with E-state index in [0.29, 0.717) is 48.8 Å². The standard InChI is InChI=1S/C37H37BrFN5O5S/c1-44(17-19-50(45,46)35-10-3-4-15-40-35)16-6-13-37(14-7-18-49-37)30-22-29-32(23-34(30)47-2)41-25-42-36(29)43-28-11-12-33(31(38)21-28)48-24-26-8-5-9-27(39)20-26/h3-5,7-12,15,18,20-23,25H,6,13-14,16-17,19,24H2,1-2H3,(H,41,42,43). The number of nitrogens with one attached hydrogen (secondary N) is 1. The summed E-state index contributed by atoms with van der Waals surface area (Å²) < 4.78 is 57.9. The lowest BCUT2D eigenvalue weighted by atomic mass is 9.85. The molecule has 0 radical (unpaired) electrons. The molecular weight excluding hydrogens is 725 g/mol. The van der Waals surface area contributed by atoms with Crippen molar-refractivity contribution in [1.29, 1.82) is 0 Å². The van der Waals surface area contributed by atoms with E-state index in [2.05, 4.69) is 36.2 Å². The molecule has 13 heteroatoms. The van der Waals surface area contributed by atoms with Crippen molar-refractivity contribution in [3.8, 4) is 11.5 Å². The SMILES string of the molecule is COc1cc2ncnc(Nc3ccc(OCc4cccc(F)c4)c(Br)c3)c2cc1C1(CCCN(C)CCS(=O)(=O)c2ccccn2)CC=CO1. The predicted molar refractivity (Wildman–Crippen MR) is 194 cm³/mol. The molecule has 3 aromatic carbocycles. The van der Waals surface area contributed by atoms with Gasteiger partial charge in [-0.2, -0.15) is 0 Å². The van der Waals surface area contributed by atoms with E-state index >= 15 is 0 Å². The van der Waals surface area contributed by atoms with Crippen LogP contribution < -0.4 is 14.8 Å². The normalized spacial score (nSPS) is 15.7. The highest BCUT2D eigenvalue weighted by molar-refractivity contribution is 9.10. The van der Waals surface area contributed by atoms with E-state index in [1.165, 1.54) is 30.7 Å². The van der Waals surface area contributed by atoms with Gasteiger partial charge in [-0.25, -0.2) is 27.8 Å². The number of benzene rings is 3. The molecule has 0 bridgehead atoms. The lowest BCUT2D eigenvalue weighted by Crippen LogP contribution is -2.30. The molecule has 0 amide bonds. The Labute approximate surface area is 299 Å². The Bertz CT molecular complexity index is 2090. The van der Waals surface area contributed by atoms with Crippen LogP contribution in [0.1, 0.15) is 30.4 Å². The average Bonchev–Trinajstić information content (AvgIpc) is 3.60. The minimum Gasteiger partial charge on any atom is -0.496 e. The molecule has 1 N–H and O–H groups in total. The fourth-order valence-corrected chi connectivity index (χ4v) is 7.68. The average molecular weight is 763 g/mol. The summed E-state index contributed by atoms with van der Waals surface area (Å²) in [7, 11) is 0.0807. The van der Waals surface area contributed by atoms with Crippen molar-refractivity contribution in [2.45, 2.75) is 36.5 Å². The summed E-state index contributed by atoms with van der Waals surface area (Å²) >= 11 is 3.60. The number of hydrogen-bond acceptors (Lipinski definition) is 10. The fraction of sp³-hybridized carbons (Fsp3) is 0.270. The number of halogens is 2. The van der Waals surface area contributed by atoms with Crippen LogP contribution in [0.4, 0.5) is 15.9 Å². The Balaban J connectivity index is 1.17. The molecule has 5 aromatic rings. The lowest BCUT2D eigenvalue weighted by molar-refractivity contribution is 0.0263. The molecule has 6 rings (SSSR count). The zero-order valence-corrected chi connectivity index (χ0v) is 30.1. The summed E-state index contributed by atoms with van der Waals surface area (Å²) in [6.45, 7) is 1.28. The van der Waals surface area contributed by atoms with E-state index in [1.807, 2.05) is 54.4 Å². The molecule has 1 atom stereocenters. The molecule has 0 fully saturated rings. The van der Waals surface area contributed by atoms with Gasteiger partial charge < -0.3 is 24.4 Å². The molecule has 10 nitrogen and oxygen atoms in total. The molecule has 1 aliphatic rings. The van der Waals surface area contributed by atoms with Crippen LogP contribution in [0.2, 0.25) is 0 Å². The van der Waals surface area contributed by atoms with Crippen molar-refractivity contribution in [2.75, 3.05) is 38.3 Å². The molecule has 260 valence electrons. The van der Waals surface area contributed by atoms with Gasteiger partial charge in [-0.3, -0.25) is 0 Å². The lowest BCUT2D eigenvalue weighted by Gasteiger charge is -2.32. The van der Waals surface area contributed by atoms with Gasteiger partial charge in [0, 0.05) is 41.9 Å². The molecule has 2 aromatic heterocycles. The molecular formula is C37H37BrFN5O5S. The Morgan fingerprint density at radius 2 is 1.90 bits per heavy atom. The van der Waals surface area contributed by atoms with Gasteiger partial charge >= 0.3 is 0 Å². The van der Waals surface area contributed by atoms with Crippen LogP contribution in [0, 0.1) is 5.82 Å². The molecule has 0 saturated heterocycles. The van der Waals surface area contributed by atoms with Crippen LogP contribution >= 0.6 is 15.9 Å². The Hall–Kier alpha value is -4.59. The number of anilines is 2. The first-order valence-corrected chi connectivity index (χ1v) is 18.5. The van der Waals surface area contributed by atoms with E-state index in [4.69, 9.17) is 14.2 Å². The van der Waals surface area contributed by atoms with Crippen molar-refractivity contribution in [3.05, 3.63) is 119 Å².